The molecule has 0 radical (unpaired) electrons. The first-order chi connectivity index (χ1) is 7.98. The Hall–Kier alpha value is -0.530. The predicted octanol–water partition coefficient (Wildman–Crippen LogP) is 1.17. The maximum atomic E-state index is 11.5. The minimum atomic E-state index is -3.01. The molecule has 1 aliphatic rings. The highest BCUT2D eigenvalue weighted by atomic mass is 32.2. The summed E-state index contributed by atoms with van der Waals surface area (Å²) in [4.78, 5) is 0. The van der Waals surface area contributed by atoms with Crippen molar-refractivity contribution in [1.82, 2.24) is 9.59 Å². The lowest BCUT2D eigenvalue weighted by Crippen LogP contribution is -2.30. The van der Waals surface area contributed by atoms with Crippen molar-refractivity contribution in [1.29, 1.82) is 0 Å². The molecule has 1 aromatic heterocycles. The number of aliphatic hydroxyl groups is 1. The molecule has 0 bridgehead atoms. The van der Waals surface area contributed by atoms with E-state index in [0.29, 0.717) is 18.5 Å². The number of hydrogen-bond donors (Lipinski definition) is 1. The van der Waals surface area contributed by atoms with Crippen LogP contribution in [0.25, 0.3) is 0 Å². The molecule has 1 N–H and O–H groups in total. The van der Waals surface area contributed by atoms with Crippen molar-refractivity contribution in [2.45, 2.75) is 37.0 Å². The van der Waals surface area contributed by atoms with Gasteiger partial charge in [-0.2, -0.15) is 0 Å². The minimum Gasteiger partial charge on any atom is -0.386 e. The van der Waals surface area contributed by atoms with Gasteiger partial charge >= 0.3 is 0 Å². The van der Waals surface area contributed by atoms with E-state index < -0.39 is 15.9 Å². The van der Waals surface area contributed by atoms with Crippen molar-refractivity contribution in [3.05, 3.63) is 11.1 Å². The van der Waals surface area contributed by atoms with Gasteiger partial charge in [-0.3, -0.25) is 0 Å². The van der Waals surface area contributed by atoms with Crippen molar-refractivity contribution < 1.29 is 13.5 Å². The molecule has 0 spiro atoms. The van der Waals surface area contributed by atoms with E-state index in [0.717, 1.165) is 12.8 Å². The largest absolute Gasteiger partial charge is 0.386 e. The van der Waals surface area contributed by atoms with Crippen LogP contribution in [0.4, 0.5) is 0 Å². The summed E-state index contributed by atoms with van der Waals surface area (Å²) in [5, 5.41) is 15.4. The fourth-order valence-corrected chi connectivity index (χ4v) is 4.07. The standard InChI is InChI=1S/C10H16N2O3S2/c1-17(14,15)8-4-2-3-7(5-8)10(13)9-6-16-12-11-9/h6-8,10,13H,2-5H2,1H3. The van der Waals surface area contributed by atoms with Crippen LogP contribution in [0.5, 0.6) is 0 Å². The summed E-state index contributed by atoms with van der Waals surface area (Å²) in [5.41, 5.74) is 0.564. The zero-order valence-corrected chi connectivity index (χ0v) is 11.2. The van der Waals surface area contributed by atoms with Crippen LogP contribution < -0.4 is 0 Å². The van der Waals surface area contributed by atoms with Crippen LogP contribution in [-0.2, 0) is 9.84 Å². The van der Waals surface area contributed by atoms with Gasteiger partial charge in [-0.15, -0.1) is 5.10 Å². The summed E-state index contributed by atoms with van der Waals surface area (Å²) in [5.74, 6) is -0.0209. The lowest BCUT2D eigenvalue weighted by molar-refractivity contribution is 0.0820. The Balaban J connectivity index is 2.07. The molecule has 3 unspecified atom stereocenters. The lowest BCUT2D eigenvalue weighted by atomic mass is 9.84. The van der Waals surface area contributed by atoms with E-state index in [-0.39, 0.29) is 11.2 Å². The van der Waals surface area contributed by atoms with Gasteiger partial charge in [-0.05, 0) is 36.7 Å². The highest BCUT2D eigenvalue weighted by Crippen LogP contribution is 2.36. The fourth-order valence-electron chi connectivity index (χ4n) is 2.40. The number of nitrogens with zero attached hydrogens (tertiary/aromatic N) is 2. The SMILES string of the molecule is CS(=O)(=O)C1CCCC(C(O)c2csnn2)C1. The van der Waals surface area contributed by atoms with E-state index in [1.165, 1.54) is 17.8 Å². The third-order valence-electron chi connectivity index (χ3n) is 3.40. The molecular formula is C10H16N2O3S2. The molecule has 96 valence electrons. The molecular weight excluding hydrogens is 260 g/mol. The van der Waals surface area contributed by atoms with Crippen LogP contribution >= 0.6 is 11.5 Å². The highest BCUT2D eigenvalue weighted by molar-refractivity contribution is 7.91. The van der Waals surface area contributed by atoms with Gasteiger partial charge in [-0.1, -0.05) is 10.9 Å². The van der Waals surface area contributed by atoms with Crippen molar-refractivity contribution in [3.63, 3.8) is 0 Å². The molecule has 2 rings (SSSR count). The molecule has 3 atom stereocenters. The molecule has 0 aromatic carbocycles. The van der Waals surface area contributed by atoms with E-state index in [1.807, 2.05) is 0 Å². The number of aliphatic hydroxyl groups excluding tert-OH is 1. The summed E-state index contributed by atoms with van der Waals surface area (Å²) < 4.78 is 26.8. The summed E-state index contributed by atoms with van der Waals surface area (Å²) in [6.45, 7) is 0. The number of sulfone groups is 1. The normalized spacial score (nSPS) is 27.9. The fraction of sp³-hybridized carbons (Fsp3) is 0.800. The van der Waals surface area contributed by atoms with Gasteiger partial charge in [-0.25, -0.2) is 8.42 Å². The molecule has 0 aliphatic heterocycles. The highest BCUT2D eigenvalue weighted by Gasteiger charge is 2.33. The van der Waals surface area contributed by atoms with E-state index in [2.05, 4.69) is 9.59 Å². The maximum absolute atomic E-state index is 11.5. The predicted molar refractivity (Wildman–Crippen MR) is 65.5 cm³/mol. The second-order valence-electron chi connectivity index (χ2n) is 4.65. The van der Waals surface area contributed by atoms with E-state index in [4.69, 9.17) is 0 Å². The zero-order chi connectivity index (χ0) is 12.5. The van der Waals surface area contributed by atoms with Crippen LogP contribution in [0.1, 0.15) is 37.5 Å². The first-order valence-electron chi connectivity index (χ1n) is 5.62. The van der Waals surface area contributed by atoms with Crippen LogP contribution in [0, 0.1) is 5.92 Å². The minimum absolute atomic E-state index is 0.0209. The van der Waals surface area contributed by atoms with Gasteiger partial charge < -0.3 is 5.11 Å². The Morgan fingerprint density at radius 2 is 2.29 bits per heavy atom. The molecule has 0 amide bonds. The average Bonchev–Trinajstić information content (AvgIpc) is 2.80. The van der Waals surface area contributed by atoms with Gasteiger partial charge in [0.1, 0.15) is 21.6 Å². The van der Waals surface area contributed by atoms with Gasteiger partial charge in [0, 0.05) is 11.6 Å². The number of hydrogen-bond acceptors (Lipinski definition) is 6. The Morgan fingerprint density at radius 1 is 1.53 bits per heavy atom. The van der Waals surface area contributed by atoms with Crippen LogP contribution in [-0.4, -0.2) is 34.6 Å². The molecule has 5 nitrogen and oxygen atoms in total. The quantitative estimate of drug-likeness (QED) is 0.896. The van der Waals surface area contributed by atoms with Crippen LogP contribution in [0.15, 0.2) is 5.38 Å². The second-order valence-corrected chi connectivity index (χ2v) is 7.59. The van der Waals surface area contributed by atoms with Crippen molar-refractivity contribution in [2.75, 3.05) is 6.26 Å². The third-order valence-corrected chi connectivity index (χ3v) is 5.56. The summed E-state index contributed by atoms with van der Waals surface area (Å²) >= 11 is 1.20. The van der Waals surface area contributed by atoms with Gasteiger partial charge in [0.05, 0.1) is 5.25 Å². The molecule has 1 aromatic rings. The summed E-state index contributed by atoms with van der Waals surface area (Å²) in [7, 11) is -3.01. The Labute approximate surface area is 105 Å². The smallest absolute Gasteiger partial charge is 0.150 e. The first kappa shape index (κ1) is 12.9. The van der Waals surface area contributed by atoms with Gasteiger partial charge in [0.15, 0.2) is 0 Å². The van der Waals surface area contributed by atoms with E-state index >= 15 is 0 Å². The van der Waals surface area contributed by atoms with E-state index in [1.54, 1.807) is 5.38 Å². The van der Waals surface area contributed by atoms with Crippen molar-refractivity contribution in [3.8, 4) is 0 Å². The maximum Gasteiger partial charge on any atom is 0.150 e. The zero-order valence-electron chi connectivity index (χ0n) is 9.61. The molecule has 1 fully saturated rings. The Kier molecular flexibility index (Phi) is 3.79. The first-order valence-corrected chi connectivity index (χ1v) is 8.41. The molecule has 0 saturated heterocycles. The van der Waals surface area contributed by atoms with Gasteiger partial charge in [0.25, 0.3) is 0 Å². The second kappa shape index (κ2) is 4.99. The molecule has 17 heavy (non-hydrogen) atoms. The average molecular weight is 276 g/mol. The van der Waals surface area contributed by atoms with Crippen molar-refractivity contribution in [2.24, 2.45) is 5.92 Å². The third kappa shape index (κ3) is 3.02. The van der Waals surface area contributed by atoms with Crippen LogP contribution in [0.2, 0.25) is 0 Å². The topological polar surface area (TPSA) is 80.2 Å². The van der Waals surface area contributed by atoms with Crippen LogP contribution in [0.3, 0.4) is 0 Å². The summed E-state index contributed by atoms with van der Waals surface area (Å²) in [6, 6.07) is 0. The van der Waals surface area contributed by atoms with Crippen molar-refractivity contribution >= 4 is 21.4 Å². The molecule has 1 heterocycles. The number of aromatic nitrogens is 2. The number of rotatable bonds is 3. The van der Waals surface area contributed by atoms with Gasteiger partial charge in [0.2, 0.25) is 0 Å². The molecule has 1 aliphatic carbocycles. The molecule has 1 saturated carbocycles. The summed E-state index contributed by atoms with van der Waals surface area (Å²) in [6.07, 6.45) is 3.52. The van der Waals surface area contributed by atoms with E-state index in [9.17, 15) is 13.5 Å². The Bertz CT molecular complexity index is 458. The monoisotopic (exact) mass is 276 g/mol. The lowest BCUT2D eigenvalue weighted by Gasteiger charge is -2.30. The Morgan fingerprint density at radius 3 is 2.88 bits per heavy atom. The molecule has 7 heteroatoms.